The second-order valence-corrected chi connectivity index (χ2v) is 7.31. The predicted molar refractivity (Wildman–Crippen MR) is 110 cm³/mol. The molecule has 0 spiro atoms. The number of ether oxygens (including phenoxy) is 1. The van der Waals surface area contributed by atoms with Gasteiger partial charge in [0.1, 0.15) is 11.6 Å². The van der Waals surface area contributed by atoms with Crippen molar-refractivity contribution >= 4 is 16.7 Å². The lowest BCUT2D eigenvalue weighted by molar-refractivity contribution is -0.144. The number of benzene rings is 2. The summed E-state index contributed by atoms with van der Waals surface area (Å²) in [5, 5.41) is 0.650. The first-order valence-corrected chi connectivity index (χ1v) is 9.88. The van der Waals surface area contributed by atoms with Gasteiger partial charge in [0, 0.05) is 38.1 Å². The number of nitrogens with zero attached hydrogens (tertiary/aromatic N) is 4. The second-order valence-electron chi connectivity index (χ2n) is 7.31. The fourth-order valence-electron chi connectivity index (χ4n) is 3.69. The molecule has 5 nitrogen and oxygen atoms in total. The molecule has 0 radical (unpaired) electrons. The van der Waals surface area contributed by atoms with Crippen LogP contribution >= 0.6 is 0 Å². The summed E-state index contributed by atoms with van der Waals surface area (Å²) in [6, 6.07) is 14.9. The zero-order valence-electron chi connectivity index (χ0n) is 16.7. The molecule has 0 bridgehead atoms. The van der Waals surface area contributed by atoms with Crippen molar-refractivity contribution in [2.45, 2.75) is 12.6 Å². The molecule has 30 heavy (non-hydrogen) atoms. The standard InChI is InChI=1S/C22H23F3N4O/c1-30-17-8-6-16(7-9-17)10-11-28-12-14-29(15-13-28)20-18-4-2-3-5-19(18)26-21(27-20)22(23,24)25/h2-9H,10-15H2,1H3. The maximum Gasteiger partial charge on any atom is 0.451 e. The first-order valence-electron chi connectivity index (χ1n) is 9.88. The zero-order chi connectivity index (χ0) is 21.1. The number of fused-ring (bicyclic) bond motifs is 1. The van der Waals surface area contributed by atoms with Crippen LogP contribution in [0.25, 0.3) is 10.9 Å². The van der Waals surface area contributed by atoms with E-state index in [1.54, 1.807) is 31.4 Å². The highest BCUT2D eigenvalue weighted by atomic mass is 19.4. The fourth-order valence-corrected chi connectivity index (χ4v) is 3.69. The third-order valence-corrected chi connectivity index (χ3v) is 5.38. The molecule has 1 aliphatic rings. The van der Waals surface area contributed by atoms with E-state index in [-0.39, 0.29) is 0 Å². The maximum atomic E-state index is 13.3. The Morgan fingerprint density at radius 3 is 2.30 bits per heavy atom. The van der Waals surface area contributed by atoms with Gasteiger partial charge in [-0.3, -0.25) is 4.90 Å². The van der Waals surface area contributed by atoms with Gasteiger partial charge < -0.3 is 9.64 Å². The summed E-state index contributed by atoms with van der Waals surface area (Å²) in [5.74, 6) is 0.114. The molecule has 1 saturated heterocycles. The van der Waals surface area contributed by atoms with E-state index in [0.717, 1.165) is 31.8 Å². The first-order chi connectivity index (χ1) is 14.4. The number of hydrogen-bond acceptors (Lipinski definition) is 5. The molecule has 3 aromatic rings. The van der Waals surface area contributed by atoms with Crippen LogP contribution in [0.2, 0.25) is 0 Å². The van der Waals surface area contributed by atoms with Gasteiger partial charge >= 0.3 is 6.18 Å². The van der Waals surface area contributed by atoms with Crippen LogP contribution in [0.3, 0.4) is 0 Å². The number of methoxy groups -OCH3 is 1. The molecule has 0 unspecified atom stereocenters. The van der Waals surface area contributed by atoms with Crippen LogP contribution in [0.4, 0.5) is 19.0 Å². The number of rotatable bonds is 5. The molecule has 158 valence electrons. The Kier molecular flexibility index (Phi) is 5.76. The first kappa shape index (κ1) is 20.4. The number of alkyl halides is 3. The highest BCUT2D eigenvalue weighted by Gasteiger charge is 2.36. The zero-order valence-corrected chi connectivity index (χ0v) is 16.7. The molecule has 8 heteroatoms. The average Bonchev–Trinajstić information content (AvgIpc) is 2.77. The molecular formula is C22H23F3N4O. The SMILES string of the molecule is COc1ccc(CCN2CCN(c3nc(C(F)(F)F)nc4ccccc34)CC2)cc1. The Labute approximate surface area is 173 Å². The Morgan fingerprint density at radius 1 is 0.933 bits per heavy atom. The molecule has 1 aliphatic heterocycles. The number of piperazine rings is 1. The Hall–Kier alpha value is -2.87. The lowest BCUT2D eigenvalue weighted by Gasteiger charge is -2.36. The lowest BCUT2D eigenvalue weighted by Crippen LogP contribution is -2.47. The predicted octanol–water partition coefficient (Wildman–Crippen LogP) is 4.02. The van der Waals surface area contributed by atoms with Crippen LogP contribution in [0.5, 0.6) is 5.75 Å². The molecule has 2 aromatic carbocycles. The van der Waals surface area contributed by atoms with Crippen molar-refractivity contribution in [2.24, 2.45) is 0 Å². The fraction of sp³-hybridized carbons (Fsp3) is 0.364. The van der Waals surface area contributed by atoms with Crippen molar-refractivity contribution in [1.29, 1.82) is 0 Å². The number of halogens is 3. The van der Waals surface area contributed by atoms with Gasteiger partial charge in [0.2, 0.25) is 5.82 Å². The van der Waals surface area contributed by atoms with E-state index in [0.29, 0.717) is 29.8 Å². The Morgan fingerprint density at radius 2 is 1.63 bits per heavy atom. The van der Waals surface area contributed by atoms with Crippen molar-refractivity contribution in [3.8, 4) is 5.75 Å². The van der Waals surface area contributed by atoms with Crippen LogP contribution in [-0.2, 0) is 12.6 Å². The summed E-state index contributed by atoms with van der Waals surface area (Å²) in [7, 11) is 1.65. The van der Waals surface area contributed by atoms with Crippen molar-refractivity contribution in [3.05, 3.63) is 59.9 Å². The summed E-state index contributed by atoms with van der Waals surface area (Å²) >= 11 is 0. The van der Waals surface area contributed by atoms with E-state index in [9.17, 15) is 13.2 Å². The van der Waals surface area contributed by atoms with Gasteiger partial charge in [0.25, 0.3) is 0 Å². The molecular weight excluding hydrogens is 393 g/mol. The minimum absolute atomic E-state index is 0.316. The minimum atomic E-state index is -4.57. The summed E-state index contributed by atoms with van der Waals surface area (Å²) in [6.07, 6.45) is -3.66. The van der Waals surface area contributed by atoms with E-state index >= 15 is 0 Å². The molecule has 2 heterocycles. The van der Waals surface area contributed by atoms with Crippen LogP contribution < -0.4 is 9.64 Å². The van der Waals surface area contributed by atoms with Crippen LogP contribution in [0, 0.1) is 0 Å². The van der Waals surface area contributed by atoms with Gasteiger partial charge in [-0.15, -0.1) is 0 Å². The smallest absolute Gasteiger partial charge is 0.451 e. The van der Waals surface area contributed by atoms with Gasteiger partial charge in [-0.1, -0.05) is 24.3 Å². The molecule has 0 atom stereocenters. The topological polar surface area (TPSA) is 41.5 Å². The van der Waals surface area contributed by atoms with E-state index in [4.69, 9.17) is 4.74 Å². The summed E-state index contributed by atoms with van der Waals surface area (Å²) in [4.78, 5) is 11.9. The van der Waals surface area contributed by atoms with Gasteiger partial charge in [-0.05, 0) is 36.2 Å². The second kappa shape index (κ2) is 8.47. The van der Waals surface area contributed by atoms with E-state index in [1.165, 1.54) is 5.56 Å². The summed E-state index contributed by atoms with van der Waals surface area (Å²) in [6.45, 7) is 3.70. The number of hydrogen-bond donors (Lipinski definition) is 0. The van der Waals surface area contributed by atoms with Crippen molar-refractivity contribution in [3.63, 3.8) is 0 Å². The van der Waals surface area contributed by atoms with Crippen LogP contribution in [-0.4, -0.2) is 54.7 Å². The number of aromatic nitrogens is 2. The Balaban J connectivity index is 1.44. The normalized spacial score (nSPS) is 15.5. The van der Waals surface area contributed by atoms with Crippen molar-refractivity contribution in [2.75, 3.05) is 44.7 Å². The third kappa shape index (κ3) is 4.48. The summed E-state index contributed by atoms with van der Waals surface area (Å²) < 4.78 is 45.0. The molecule has 0 amide bonds. The van der Waals surface area contributed by atoms with Crippen LogP contribution in [0.15, 0.2) is 48.5 Å². The molecule has 1 aromatic heterocycles. The molecule has 0 N–H and O–H groups in total. The molecule has 4 rings (SSSR count). The minimum Gasteiger partial charge on any atom is -0.497 e. The average molecular weight is 416 g/mol. The maximum absolute atomic E-state index is 13.3. The quantitative estimate of drug-likeness (QED) is 0.628. The van der Waals surface area contributed by atoms with Gasteiger partial charge in [-0.2, -0.15) is 13.2 Å². The summed E-state index contributed by atoms with van der Waals surface area (Å²) in [5.41, 5.74) is 1.55. The number of para-hydroxylation sites is 1. The largest absolute Gasteiger partial charge is 0.497 e. The van der Waals surface area contributed by atoms with Gasteiger partial charge in [0.05, 0.1) is 12.6 Å². The number of anilines is 1. The van der Waals surface area contributed by atoms with E-state index in [2.05, 4.69) is 27.0 Å². The highest BCUT2D eigenvalue weighted by molar-refractivity contribution is 5.89. The van der Waals surface area contributed by atoms with E-state index < -0.39 is 12.0 Å². The van der Waals surface area contributed by atoms with Gasteiger partial charge in [-0.25, -0.2) is 9.97 Å². The van der Waals surface area contributed by atoms with Crippen LogP contribution in [0.1, 0.15) is 11.4 Å². The molecule has 0 aliphatic carbocycles. The Bertz CT molecular complexity index is 999. The van der Waals surface area contributed by atoms with Gasteiger partial charge in [0.15, 0.2) is 0 Å². The molecule has 1 fully saturated rings. The highest BCUT2D eigenvalue weighted by Crippen LogP contribution is 2.32. The monoisotopic (exact) mass is 416 g/mol. The molecule has 0 saturated carbocycles. The lowest BCUT2D eigenvalue weighted by atomic mass is 10.1. The van der Waals surface area contributed by atoms with E-state index in [1.807, 2.05) is 17.0 Å². The van der Waals surface area contributed by atoms with Crippen molar-refractivity contribution in [1.82, 2.24) is 14.9 Å². The third-order valence-electron chi connectivity index (χ3n) is 5.38. The van der Waals surface area contributed by atoms with Crippen molar-refractivity contribution < 1.29 is 17.9 Å².